The summed E-state index contributed by atoms with van der Waals surface area (Å²) in [5.74, 6) is 1.36. The Balaban J connectivity index is 2.35. The highest BCUT2D eigenvalue weighted by Crippen LogP contribution is 2.28. The summed E-state index contributed by atoms with van der Waals surface area (Å²) in [6, 6.07) is 7.85. The van der Waals surface area contributed by atoms with Crippen LogP contribution in [0.1, 0.15) is 4.88 Å². The van der Waals surface area contributed by atoms with Crippen molar-refractivity contribution in [2.75, 3.05) is 7.11 Å². The van der Waals surface area contributed by atoms with E-state index in [1.165, 1.54) is 0 Å². The summed E-state index contributed by atoms with van der Waals surface area (Å²) < 4.78 is 5.16. The van der Waals surface area contributed by atoms with Crippen molar-refractivity contribution < 1.29 is 4.74 Å². The van der Waals surface area contributed by atoms with Crippen LogP contribution in [0.4, 0.5) is 0 Å². The molecule has 0 aliphatic carbocycles. The minimum atomic E-state index is 0.516. The van der Waals surface area contributed by atoms with Gasteiger partial charge in [0.15, 0.2) is 0 Å². The lowest BCUT2D eigenvalue weighted by atomic mass is 10.2. The number of alkyl halides is 1. The lowest BCUT2D eigenvalue weighted by Crippen LogP contribution is -1.82. The molecule has 0 saturated heterocycles. The van der Waals surface area contributed by atoms with Crippen molar-refractivity contribution in [3.8, 4) is 16.3 Å². The Morgan fingerprint density at radius 3 is 3.00 bits per heavy atom. The maximum Gasteiger partial charge on any atom is 0.123 e. The second kappa shape index (κ2) is 4.64. The second-order valence-electron chi connectivity index (χ2n) is 3.00. The zero-order valence-electron chi connectivity index (χ0n) is 8.24. The van der Waals surface area contributed by atoms with Crippen LogP contribution in [0.25, 0.3) is 10.6 Å². The molecule has 0 atom stereocenters. The smallest absolute Gasteiger partial charge is 0.123 e. The molecule has 0 N–H and O–H groups in total. The SMILES string of the molecule is COc1cccc(-c2ncc(CCl)s2)c1. The number of ether oxygens (including phenoxy) is 1. The number of rotatable bonds is 3. The van der Waals surface area contributed by atoms with Gasteiger partial charge in [0.05, 0.1) is 13.0 Å². The third-order valence-electron chi connectivity index (χ3n) is 2.00. The summed E-state index contributed by atoms with van der Waals surface area (Å²) in [7, 11) is 1.66. The van der Waals surface area contributed by atoms with Crippen LogP contribution < -0.4 is 4.74 Å². The van der Waals surface area contributed by atoms with Crippen molar-refractivity contribution in [2.24, 2.45) is 0 Å². The zero-order chi connectivity index (χ0) is 10.7. The molecule has 15 heavy (non-hydrogen) atoms. The van der Waals surface area contributed by atoms with E-state index in [-0.39, 0.29) is 0 Å². The first-order valence-electron chi connectivity index (χ1n) is 4.48. The van der Waals surface area contributed by atoms with E-state index in [2.05, 4.69) is 4.98 Å². The van der Waals surface area contributed by atoms with Gasteiger partial charge in [-0.05, 0) is 12.1 Å². The highest BCUT2D eigenvalue weighted by atomic mass is 35.5. The Bertz CT molecular complexity index is 455. The number of aromatic nitrogens is 1. The first-order chi connectivity index (χ1) is 7.33. The van der Waals surface area contributed by atoms with Gasteiger partial charge in [0.1, 0.15) is 10.8 Å². The minimum Gasteiger partial charge on any atom is -0.497 e. The molecule has 0 amide bonds. The van der Waals surface area contributed by atoms with Gasteiger partial charge in [0.2, 0.25) is 0 Å². The van der Waals surface area contributed by atoms with Crippen molar-refractivity contribution in [1.29, 1.82) is 0 Å². The molecule has 2 rings (SSSR count). The zero-order valence-corrected chi connectivity index (χ0v) is 9.81. The van der Waals surface area contributed by atoms with E-state index in [1.54, 1.807) is 18.4 Å². The average Bonchev–Trinajstić information content (AvgIpc) is 2.78. The minimum absolute atomic E-state index is 0.516. The highest BCUT2D eigenvalue weighted by molar-refractivity contribution is 7.15. The molecule has 0 fully saturated rings. The summed E-state index contributed by atoms with van der Waals surface area (Å²) in [5, 5.41) is 0.976. The lowest BCUT2D eigenvalue weighted by Gasteiger charge is -2.00. The standard InChI is InChI=1S/C11H10ClNOS/c1-14-9-4-2-3-8(5-9)11-13-7-10(6-12)15-11/h2-5,7H,6H2,1H3. The number of thiazole rings is 1. The molecule has 2 nitrogen and oxygen atoms in total. The Hall–Kier alpha value is -1.06. The van der Waals surface area contributed by atoms with Crippen molar-refractivity contribution in [2.45, 2.75) is 5.88 Å². The molecule has 0 unspecified atom stereocenters. The topological polar surface area (TPSA) is 22.1 Å². The summed E-state index contributed by atoms with van der Waals surface area (Å²) in [5.41, 5.74) is 1.07. The summed E-state index contributed by atoms with van der Waals surface area (Å²) in [6.45, 7) is 0. The molecular weight excluding hydrogens is 230 g/mol. The van der Waals surface area contributed by atoms with Crippen LogP contribution in [0.5, 0.6) is 5.75 Å². The number of halogens is 1. The van der Waals surface area contributed by atoms with E-state index in [4.69, 9.17) is 16.3 Å². The average molecular weight is 240 g/mol. The first-order valence-corrected chi connectivity index (χ1v) is 5.83. The number of hydrogen-bond acceptors (Lipinski definition) is 3. The van der Waals surface area contributed by atoms with E-state index >= 15 is 0 Å². The van der Waals surface area contributed by atoms with Crippen molar-refractivity contribution >= 4 is 22.9 Å². The van der Waals surface area contributed by atoms with E-state index in [0.717, 1.165) is 21.2 Å². The maximum atomic E-state index is 5.73. The number of nitrogens with zero attached hydrogens (tertiary/aromatic N) is 1. The third-order valence-corrected chi connectivity index (χ3v) is 3.49. The molecule has 78 valence electrons. The van der Waals surface area contributed by atoms with Crippen LogP contribution in [-0.4, -0.2) is 12.1 Å². The van der Waals surface area contributed by atoms with E-state index in [9.17, 15) is 0 Å². The molecule has 0 saturated carbocycles. The van der Waals surface area contributed by atoms with Crippen LogP contribution in [0.15, 0.2) is 30.5 Å². The van der Waals surface area contributed by atoms with Gasteiger partial charge in [-0.2, -0.15) is 0 Å². The number of methoxy groups -OCH3 is 1. The fourth-order valence-electron chi connectivity index (χ4n) is 1.26. The largest absolute Gasteiger partial charge is 0.497 e. The Labute approximate surface area is 97.5 Å². The summed E-state index contributed by atoms with van der Waals surface area (Å²) in [6.07, 6.45) is 1.81. The molecule has 1 aromatic carbocycles. The quantitative estimate of drug-likeness (QED) is 0.765. The third kappa shape index (κ3) is 2.30. The van der Waals surface area contributed by atoms with Crippen LogP contribution in [0.2, 0.25) is 0 Å². The second-order valence-corrected chi connectivity index (χ2v) is 4.38. The highest BCUT2D eigenvalue weighted by Gasteiger charge is 2.04. The van der Waals surface area contributed by atoms with Crippen LogP contribution in [-0.2, 0) is 5.88 Å². The maximum absolute atomic E-state index is 5.73. The predicted molar refractivity (Wildman–Crippen MR) is 63.7 cm³/mol. The van der Waals surface area contributed by atoms with Crippen molar-refractivity contribution in [1.82, 2.24) is 4.98 Å². The van der Waals surface area contributed by atoms with Gasteiger partial charge in [0.25, 0.3) is 0 Å². The summed E-state index contributed by atoms with van der Waals surface area (Å²) >= 11 is 7.34. The summed E-state index contributed by atoms with van der Waals surface area (Å²) in [4.78, 5) is 5.39. The normalized spacial score (nSPS) is 10.3. The van der Waals surface area contributed by atoms with Crippen LogP contribution >= 0.6 is 22.9 Å². The van der Waals surface area contributed by atoms with Gasteiger partial charge < -0.3 is 4.74 Å². The monoisotopic (exact) mass is 239 g/mol. The number of benzene rings is 1. The Kier molecular flexibility index (Phi) is 3.23. The van der Waals surface area contributed by atoms with Gasteiger partial charge in [-0.3, -0.25) is 0 Å². The van der Waals surface area contributed by atoms with Crippen LogP contribution in [0.3, 0.4) is 0 Å². The van der Waals surface area contributed by atoms with Gasteiger partial charge in [0, 0.05) is 16.6 Å². The number of hydrogen-bond donors (Lipinski definition) is 0. The first kappa shape index (κ1) is 10.5. The van der Waals surface area contributed by atoms with E-state index in [0.29, 0.717) is 5.88 Å². The lowest BCUT2D eigenvalue weighted by molar-refractivity contribution is 0.415. The van der Waals surface area contributed by atoms with E-state index in [1.807, 2.05) is 30.5 Å². The van der Waals surface area contributed by atoms with Crippen LogP contribution in [0, 0.1) is 0 Å². The van der Waals surface area contributed by atoms with Crippen molar-refractivity contribution in [3.05, 3.63) is 35.3 Å². The Morgan fingerprint density at radius 2 is 2.33 bits per heavy atom. The molecule has 0 aliphatic rings. The Morgan fingerprint density at radius 1 is 1.47 bits per heavy atom. The fraction of sp³-hybridized carbons (Fsp3) is 0.182. The molecule has 0 radical (unpaired) electrons. The van der Waals surface area contributed by atoms with Crippen molar-refractivity contribution in [3.63, 3.8) is 0 Å². The molecular formula is C11H10ClNOS. The van der Waals surface area contributed by atoms with Gasteiger partial charge >= 0.3 is 0 Å². The molecule has 4 heteroatoms. The molecule has 0 bridgehead atoms. The van der Waals surface area contributed by atoms with Gasteiger partial charge in [-0.15, -0.1) is 22.9 Å². The molecule has 1 heterocycles. The van der Waals surface area contributed by atoms with Gasteiger partial charge in [-0.25, -0.2) is 4.98 Å². The van der Waals surface area contributed by atoms with Gasteiger partial charge in [-0.1, -0.05) is 12.1 Å². The van der Waals surface area contributed by atoms with E-state index < -0.39 is 0 Å². The molecule has 2 aromatic rings. The fourth-order valence-corrected chi connectivity index (χ4v) is 2.25. The molecule has 0 spiro atoms. The molecule has 1 aromatic heterocycles. The predicted octanol–water partition coefficient (Wildman–Crippen LogP) is 3.56. The molecule has 0 aliphatic heterocycles.